The van der Waals surface area contributed by atoms with Crippen LogP contribution in [0.25, 0.3) is 0 Å². The van der Waals surface area contributed by atoms with Crippen LogP contribution in [-0.4, -0.2) is 54.5 Å². The number of aliphatic imine (C=N–C) groups is 1. The Morgan fingerprint density at radius 2 is 1.76 bits per heavy atom. The summed E-state index contributed by atoms with van der Waals surface area (Å²) in [6.07, 6.45) is 0. The number of hydrogen-bond acceptors (Lipinski definition) is 3. The third-order valence-corrected chi connectivity index (χ3v) is 3.08. The van der Waals surface area contributed by atoms with Crippen LogP contribution in [0.5, 0.6) is 0 Å². The molecule has 1 fully saturated rings. The maximum Gasteiger partial charge on any atom is 0.208 e. The Hall–Kier alpha value is -0.810. The van der Waals surface area contributed by atoms with Crippen molar-refractivity contribution in [3.05, 3.63) is 0 Å². The van der Waals surface area contributed by atoms with Crippen LogP contribution in [0.15, 0.2) is 4.99 Å². The summed E-state index contributed by atoms with van der Waals surface area (Å²) in [5.41, 5.74) is 2.73. The first-order valence-electron chi connectivity index (χ1n) is 6.54. The number of piperazine rings is 1. The Bertz CT molecular complexity index is 241. The normalized spacial score (nSPS) is 19.2. The lowest BCUT2D eigenvalue weighted by Crippen LogP contribution is -2.55. The molecule has 0 aromatic heterocycles. The molecule has 1 aliphatic heterocycles. The molecule has 3 N–H and O–H groups in total. The number of hydrogen-bond donors (Lipinski definition) is 2. The lowest BCUT2D eigenvalue weighted by Gasteiger charge is -2.38. The summed E-state index contributed by atoms with van der Waals surface area (Å²) < 4.78 is 0. The Balaban J connectivity index is 2.47. The lowest BCUT2D eigenvalue weighted by molar-refractivity contribution is 0.146. The van der Waals surface area contributed by atoms with Crippen molar-refractivity contribution in [2.24, 2.45) is 16.8 Å². The van der Waals surface area contributed by atoms with Crippen LogP contribution >= 0.6 is 0 Å². The van der Waals surface area contributed by atoms with Crippen molar-refractivity contribution in [2.45, 2.75) is 33.7 Å². The molecule has 1 rings (SSSR count). The van der Waals surface area contributed by atoms with Gasteiger partial charge in [-0.25, -0.2) is 5.84 Å². The topological polar surface area (TPSA) is 56.9 Å². The van der Waals surface area contributed by atoms with Crippen LogP contribution in [0.2, 0.25) is 0 Å². The molecule has 0 aromatic rings. The van der Waals surface area contributed by atoms with E-state index in [0.29, 0.717) is 12.0 Å². The SMILES string of the molecule is CC(C)CN=C(NN)N1CCN(C(C)C)CC1. The second-order valence-electron chi connectivity index (χ2n) is 5.32. The highest BCUT2D eigenvalue weighted by Gasteiger charge is 2.20. The van der Waals surface area contributed by atoms with E-state index >= 15 is 0 Å². The van der Waals surface area contributed by atoms with Gasteiger partial charge in [-0.05, 0) is 19.8 Å². The molecule has 100 valence electrons. The largest absolute Gasteiger partial charge is 0.339 e. The van der Waals surface area contributed by atoms with Gasteiger partial charge in [0.05, 0.1) is 0 Å². The zero-order valence-electron chi connectivity index (χ0n) is 11.6. The predicted molar refractivity (Wildman–Crippen MR) is 72.7 cm³/mol. The van der Waals surface area contributed by atoms with E-state index in [9.17, 15) is 0 Å². The number of rotatable bonds is 3. The molecule has 0 radical (unpaired) electrons. The smallest absolute Gasteiger partial charge is 0.208 e. The molecule has 0 aliphatic carbocycles. The molecule has 5 nitrogen and oxygen atoms in total. The molecule has 5 heteroatoms. The van der Waals surface area contributed by atoms with Crippen LogP contribution in [0, 0.1) is 5.92 Å². The summed E-state index contributed by atoms with van der Waals surface area (Å²) in [5, 5.41) is 0. The quantitative estimate of drug-likeness (QED) is 0.327. The van der Waals surface area contributed by atoms with E-state index in [2.05, 4.69) is 47.9 Å². The van der Waals surface area contributed by atoms with Crippen molar-refractivity contribution in [1.29, 1.82) is 0 Å². The number of nitrogens with one attached hydrogen (secondary N) is 1. The lowest BCUT2D eigenvalue weighted by atomic mass is 10.2. The fourth-order valence-electron chi connectivity index (χ4n) is 1.96. The van der Waals surface area contributed by atoms with E-state index in [4.69, 9.17) is 5.84 Å². The third-order valence-electron chi connectivity index (χ3n) is 3.08. The van der Waals surface area contributed by atoms with Gasteiger partial charge in [0.1, 0.15) is 0 Å². The third kappa shape index (κ3) is 4.52. The van der Waals surface area contributed by atoms with Crippen molar-refractivity contribution in [3.8, 4) is 0 Å². The first-order valence-corrected chi connectivity index (χ1v) is 6.54. The van der Waals surface area contributed by atoms with Crippen LogP contribution < -0.4 is 11.3 Å². The van der Waals surface area contributed by atoms with Gasteiger partial charge in [0.25, 0.3) is 0 Å². The molecule has 0 unspecified atom stereocenters. The van der Waals surface area contributed by atoms with Gasteiger partial charge in [-0.2, -0.15) is 0 Å². The van der Waals surface area contributed by atoms with E-state index < -0.39 is 0 Å². The standard InChI is InChI=1S/C12H27N5/c1-10(2)9-14-12(15-13)17-7-5-16(6-8-17)11(3)4/h10-11H,5-9,13H2,1-4H3,(H,14,15). The van der Waals surface area contributed by atoms with Gasteiger partial charge >= 0.3 is 0 Å². The zero-order chi connectivity index (χ0) is 12.8. The Labute approximate surface area is 105 Å². The number of nitrogens with two attached hydrogens (primary N) is 1. The summed E-state index contributed by atoms with van der Waals surface area (Å²) in [5.74, 6) is 6.95. The van der Waals surface area contributed by atoms with Crippen molar-refractivity contribution in [1.82, 2.24) is 15.2 Å². The average Bonchev–Trinajstić information content (AvgIpc) is 2.30. The van der Waals surface area contributed by atoms with Crippen LogP contribution in [0.3, 0.4) is 0 Å². The van der Waals surface area contributed by atoms with E-state index in [1.54, 1.807) is 0 Å². The fraction of sp³-hybridized carbons (Fsp3) is 0.917. The summed E-state index contributed by atoms with van der Waals surface area (Å²) in [4.78, 5) is 9.24. The highest BCUT2D eigenvalue weighted by atomic mass is 15.4. The highest BCUT2D eigenvalue weighted by molar-refractivity contribution is 5.79. The first-order chi connectivity index (χ1) is 8.04. The van der Waals surface area contributed by atoms with Crippen molar-refractivity contribution < 1.29 is 0 Å². The molecule has 1 saturated heterocycles. The van der Waals surface area contributed by atoms with Crippen molar-refractivity contribution >= 4 is 5.96 Å². The van der Waals surface area contributed by atoms with Crippen molar-refractivity contribution in [3.63, 3.8) is 0 Å². The molecule has 0 amide bonds. The zero-order valence-corrected chi connectivity index (χ0v) is 11.6. The second kappa shape index (κ2) is 6.81. The summed E-state index contributed by atoms with van der Waals surface area (Å²) in [6, 6.07) is 0.624. The minimum atomic E-state index is 0.565. The molecule has 1 heterocycles. The van der Waals surface area contributed by atoms with Gasteiger partial charge in [-0.3, -0.25) is 15.3 Å². The minimum absolute atomic E-state index is 0.565. The first kappa shape index (κ1) is 14.3. The van der Waals surface area contributed by atoms with Crippen LogP contribution in [0.1, 0.15) is 27.7 Å². The molecule has 0 spiro atoms. The van der Waals surface area contributed by atoms with Gasteiger partial charge in [-0.1, -0.05) is 13.8 Å². The minimum Gasteiger partial charge on any atom is -0.339 e. The predicted octanol–water partition coefficient (Wildman–Crippen LogP) is 0.488. The van der Waals surface area contributed by atoms with Crippen LogP contribution in [-0.2, 0) is 0 Å². The molecule has 17 heavy (non-hydrogen) atoms. The van der Waals surface area contributed by atoms with Crippen molar-refractivity contribution in [2.75, 3.05) is 32.7 Å². The fourth-order valence-corrected chi connectivity index (χ4v) is 1.96. The molecular weight excluding hydrogens is 214 g/mol. The number of hydrazine groups is 1. The maximum absolute atomic E-state index is 5.55. The molecule has 0 saturated carbocycles. The summed E-state index contributed by atoms with van der Waals surface area (Å²) >= 11 is 0. The van der Waals surface area contributed by atoms with E-state index in [1.165, 1.54) is 0 Å². The van der Waals surface area contributed by atoms with Gasteiger partial charge in [0.2, 0.25) is 5.96 Å². The molecule has 0 aromatic carbocycles. The average molecular weight is 241 g/mol. The summed E-state index contributed by atoms with van der Waals surface area (Å²) in [6.45, 7) is 13.8. The highest BCUT2D eigenvalue weighted by Crippen LogP contribution is 2.06. The molecule has 0 bridgehead atoms. The maximum atomic E-state index is 5.55. The molecule has 1 aliphatic rings. The number of guanidine groups is 1. The second-order valence-corrected chi connectivity index (χ2v) is 5.32. The Morgan fingerprint density at radius 3 is 2.18 bits per heavy atom. The summed E-state index contributed by atoms with van der Waals surface area (Å²) in [7, 11) is 0. The Kier molecular flexibility index (Phi) is 5.71. The number of nitrogens with zero attached hydrogens (tertiary/aromatic N) is 3. The van der Waals surface area contributed by atoms with Gasteiger partial charge in [-0.15, -0.1) is 0 Å². The molecular formula is C12H27N5. The van der Waals surface area contributed by atoms with E-state index in [-0.39, 0.29) is 0 Å². The molecule has 0 atom stereocenters. The van der Waals surface area contributed by atoms with E-state index in [0.717, 1.165) is 38.7 Å². The van der Waals surface area contributed by atoms with Gasteiger partial charge < -0.3 is 4.90 Å². The Morgan fingerprint density at radius 1 is 1.18 bits per heavy atom. The van der Waals surface area contributed by atoms with E-state index in [1.807, 2.05) is 0 Å². The van der Waals surface area contributed by atoms with Gasteiger partial charge in [0.15, 0.2) is 0 Å². The van der Waals surface area contributed by atoms with Crippen LogP contribution in [0.4, 0.5) is 0 Å². The van der Waals surface area contributed by atoms with Gasteiger partial charge in [0, 0.05) is 38.8 Å². The monoisotopic (exact) mass is 241 g/mol.